The molecule has 4 nitrogen and oxygen atoms in total. The molecule has 0 saturated carbocycles. The van der Waals surface area contributed by atoms with Gasteiger partial charge in [-0.25, -0.2) is 14.4 Å². The number of hydrogen-bond acceptors (Lipinski definition) is 4. The van der Waals surface area contributed by atoms with E-state index in [4.69, 9.17) is 11.6 Å². The summed E-state index contributed by atoms with van der Waals surface area (Å²) in [6.45, 7) is 0. The third-order valence-corrected chi connectivity index (χ3v) is 3.13. The first-order valence-corrected chi connectivity index (χ1v) is 6.18. The van der Waals surface area contributed by atoms with E-state index in [1.165, 1.54) is 24.5 Å². The van der Waals surface area contributed by atoms with Crippen LogP contribution in [0.2, 0.25) is 5.02 Å². The van der Waals surface area contributed by atoms with E-state index in [0.717, 1.165) is 0 Å². The quantitative estimate of drug-likeness (QED) is 0.703. The van der Waals surface area contributed by atoms with Gasteiger partial charge in [-0.2, -0.15) is 0 Å². The van der Waals surface area contributed by atoms with Gasteiger partial charge in [0.05, 0.1) is 15.9 Å². The Hall–Kier alpha value is -2.40. The van der Waals surface area contributed by atoms with Crippen LogP contribution in [0.5, 0.6) is 5.75 Å². The minimum atomic E-state index is -0.407. The van der Waals surface area contributed by atoms with Gasteiger partial charge in [0.1, 0.15) is 23.7 Å². The third kappa shape index (κ3) is 2.23. The standard InChI is InChI=1S/C14H9ClFN3O/c15-9-6-8(4-5-12(9)20)19-14-13-10(16)2-1-3-11(13)17-7-18-14/h1-7,20H,(H,17,18,19). The van der Waals surface area contributed by atoms with Crippen LogP contribution < -0.4 is 5.32 Å². The normalized spacial score (nSPS) is 10.7. The van der Waals surface area contributed by atoms with E-state index in [0.29, 0.717) is 22.4 Å². The summed E-state index contributed by atoms with van der Waals surface area (Å²) in [5, 5.41) is 12.9. The summed E-state index contributed by atoms with van der Waals surface area (Å²) in [4.78, 5) is 8.07. The molecule has 100 valence electrons. The maximum absolute atomic E-state index is 13.9. The smallest absolute Gasteiger partial charge is 0.144 e. The summed E-state index contributed by atoms with van der Waals surface area (Å²) in [5.74, 6) is -0.0822. The lowest BCUT2D eigenvalue weighted by Gasteiger charge is -2.09. The first-order valence-electron chi connectivity index (χ1n) is 5.80. The number of phenolic OH excluding ortho intramolecular Hbond substituents is 1. The Balaban J connectivity index is 2.08. The molecule has 0 aliphatic heterocycles. The molecule has 0 aliphatic carbocycles. The van der Waals surface area contributed by atoms with E-state index in [9.17, 15) is 9.50 Å². The van der Waals surface area contributed by atoms with Crippen LogP contribution in [0, 0.1) is 5.82 Å². The van der Waals surface area contributed by atoms with Crippen LogP contribution in [0.25, 0.3) is 10.9 Å². The van der Waals surface area contributed by atoms with Gasteiger partial charge in [0, 0.05) is 5.69 Å². The zero-order chi connectivity index (χ0) is 14.1. The molecule has 0 radical (unpaired) electrons. The highest BCUT2D eigenvalue weighted by Gasteiger charge is 2.09. The van der Waals surface area contributed by atoms with Crippen molar-refractivity contribution in [2.45, 2.75) is 0 Å². The van der Waals surface area contributed by atoms with Crippen LogP contribution in [0.1, 0.15) is 0 Å². The Bertz CT molecular complexity index is 789. The molecule has 0 aliphatic rings. The highest BCUT2D eigenvalue weighted by Crippen LogP contribution is 2.30. The van der Waals surface area contributed by atoms with Gasteiger partial charge in [-0.15, -0.1) is 0 Å². The second-order valence-corrected chi connectivity index (χ2v) is 4.55. The van der Waals surface area contributed by atoms with Gasteiger partial charge in [0.2, 0.25) is 0 Å². The molecule has 0 spiro atoms. The maximum Gasteiger partial charge on any atom is 0.144 e. The van der Waals surface area contributed by atoms with Gasteiger partial charge in [-0.1, -0.05) is 17.7 Å². The van der Waals surface area contributed by atoms with Crippen LogP contribution in [0.15, 0.2) is 42.7 Å². The molecule has 0 atom stereocenters. The first-order chi connectivity index (χ1) is 9.65. The summed E-state index contributed by atoms with van der Waals surface area (Å²) < 4.78 is 13.9. The van der Waals surface area contributed by atoms with Crippen molar-refractivity contribution < 1.29 is 9.50 Å². The minimum absolute atomic E-state index is 0.0176. The van der Waals surface area contributed by atoms with E-state index in [2.05, 4.69) is 15.3 Å². The molecule has 0 unspecified atom stereocenters. The number of halogens is 2. The van der Waals surface area contributed by atoms with Crippen molar-refractivity contribution in [1.29, 1.82) is 0 Å². The molecule has 0 amide bonds. The molecule has 0 saturated heterocycles. The monoisotopic (exact) mass is 289 g/mol. The summed E-state index contributed by atoms with van der Waals surface area (Å²) in [6.07, 6.45) is 1.35. The predicted molar refractivity (Wildman–Crippen MR) is 75.9 cm³/mol. The SMILES string of the molecule is Oc1ccc(Nc2ncnc3cccc(F)c23)cc1Cl. The largest absolute Gasteiger partial charge is 0.506 e. The van der Waals surface area contributed by atoms with Crippen molar-refractivity contribution >= 4 is 34.0 Å². The third-order valence-electron chi connectivity index (χ3n) is 2.82. The molecule has 20 heavy (non-hydrogen) atoms. The zero-order valence-corrected chi connectivity index (χ0v) is 10.9. The Labute approximate surface area is 118 Å². The van der Waals surface area contributed by atoms with E-state index in [1.54, 1.807) is 18.2 Å². The number of hydrogen-bond donors (Lipinski definition) is 2. The van der Waals surface area contributed by atoms with Gasteiger partial charge in [-0.3, -0.25) is 0 Å². The van der Waals surface area contributed by atoms with Crippen molar-refractivity contribution in [1.82, 2.24) is 9.97 Å². The number of nitrogens with one attached hydrogen (secondary N) is 1. The Kier molecular flexibility index (Phi) is 3.12. The fourth-order valence-electron chi connectivity index (χ4n) is 1.88. The Morgan fingerprint density at radius 1 is 1.15 bits per heavy atom. The number of rotatable bonds is 2. The predicted octanol–water partition coefficient (Wildman–Crippen LogP) is 3.87. The number of nitrogens with zero attached hydrogens (tertiary/aromatic N) is 2. The molecule has 0 fully saturated rings. The van der Waals surface area contributed by atoms with Crippen LogP contribution in [0.3, 0.4) is 0 Å². The number of aromatic hydroxyl groups is 1. The van der Waals surface area contributed by atoms with Gasteiger partial charge >= 0.3 is 0 Å². The lowest BCUT2D eigenvalue weighted by Crippen LogP contribution is -1.97. The second-order valence-electron chi connectivity index (χ2n) is 4.15. The summed E-state index contributed by atoms with van der Waals surface area (Å²) in [5.41, 5.74) is 1.10. The summed E-state index contributed by atoms with van der Waals surface area (Å²) in [7, 11) is 0. The van der Waals surface area contributed by atoms with Gasteiger partial charge in [0.15, 0.2) is 0 Å². The summed E-state index contributed by atoms with van der Waals surface area (Å²) >= 11 is 5.83. The molecule has 1 aromatic heterocycles. The molecule has 6 heteroatoms. The number of benzene rings is 2. The van der Waals surface area contributed by atoms with Crippen molar-refractivity contribution in [3.8, 4) is 5.75 Å². The van der Waals surface area contributed by atoms with E-state index >= 15 is 0 Å². The molecule has 3 aromatic rings. The van der Waals surface area contributed by atoms with Gasteiger partial charge in [-0.05, 0) is 30.3 Å². The Morgan fingerprint density at radius 3 is 2.80 bits per heavy atom. The molecule has 3 rings (SSSR count). The maximum atomic E-state index is 13.9. The highest BCUT2D eigenvalue weighted by atomic mass is 35.5. The van der Waals surface area contributed by atoms with Gasteiger partial charge in [0.25, 0.3) is 0 Å². The number of aromatic nitrogens is 2. The molecule has 1 heterocycles. The van der Waals surface area contributed by atoms with Crippen LogP contribution in [-0.4, -0.2) is 15.1 Å². The van der Waals surface area contributed by atoms with E-state index in [1.807, 2.05) is 0 Å². The zero-order valence-electron chi connectivity index (χ0n) is 10.1. The van der Waals surface area contributed by atoms with Crippen LogP contribution in [-0.2, 0) is 0 Å². The number of anilines is 2. The van der Waals surface area contributed by atoms with Crippen LogP contribution in [0.4, 0.5) is 15.9 Å². The average molecular weight is 290 g/mol. The van der Waals surface area contributed by atoms with E-state index < -0.39 is 5.82 Å². The topological polar surface area (TPSA) is 58.0 Å². The fraction of sp³-hybridized carbons (Fsp3) is 0. The fourth-order valence-corrected chi connectivity index (χ4v) is 2.06. The lowest BCUT2D eigenvalue weighted by molar-refractivity contribution is 0.475. The lowest BCUT2D eigenvalue weighted by atomic mass is 10.2. The molecule has 2 N–H and O–H groups in total. The van der Waals surface area contributed by atoms with Gasteiger partial charge < -0.3 is 10.4 Å². The summed E-state index contributed by atoms with van der Waals surface area (Å²) in [6, 6.07) is 9.24. The van der Waals surface area contributed by atoms with Crippen LogP contribution >= 0.6 is 11.6 Å². The highest BCUT2D eigenvalue weighted by molar-refractivity contribution is 6.32. The molecular formula is C14H9ClFN3O. The van der Waals surface area contributed by atoms with Crippen molar-refractivity contribution in [2.24, 2.45) is 0 Å². The van der Waals surface area contributed by atoms with E-state index in [-0.39, 0.29) is 10.8 Å². The first kappa shape index (κ1) is 12.6. The average Bonchev–Trinajstić information content (AvgIpc) is 2.43. The van der Waals surface area contributed by atoms with Crippen molar-refractivity contribution in [2.75, 3.05) is 5.32 Å². The second kappa shape index (κ2) is 4.94. The Morgan fingerprint density at radius 2 is 2.00 bits per heavy atom. The van der Waals surface area contributed by atoms with Crippen molar-refractivity contribution in [3.63, 3.8) is 0 Å². The number of fused-ring (bicyclic) bond motifs is 1. The van der Waals surface area contributed by atoms with Crippen molar-refractivity contribution in [3.05, 3.63) is 53.6 Å². The molecule has 0 bridgehead atoms. The molecular weight excluding hydrogens is 281 g/mol. The number of phenols is 1. The minimum Gasteiger partial charge on any atom is -0.506 e. The molecule has 2 aromatic carbocycles.